The first-order valence-corrected chi connectivity index (χ1v) is 15.4. The first-order valence-electron chi connectivity index (χ1n) is 13.9. The van der Waals surface area contributed by atoms with Crippen LogP contribution in [0.5, 0.6) is 0 Å². The molecule has 1 aromatic carbocycles. The van der Waals surface area contributed by atoms with Gasteiger partial charge in [0.25, 0.3) is 5.91 Å². The van der Waals surface area contributed by atoms with Gasteiger partial charge >= 0.3 is 6.09 Å². The Balaban J connectivity index is 1.67. The van der Waals surface area contributed by atoms with Crippen LogP contribution < -0.4 is 10.0 Å². The first kappa shape index (κ1) is 34.0. The smallest absolute Gasteiger partial charge is 0.410 e. The molecule has 3 N–H and O–H groups in total. The summed E-state index contributed by atoms with van der Waals surface area (Å²) in [6.45, 7) is 17.9. The number of nitrogens with one attached hydrogen (secondary N) is 2. The van der Waals surface area contributed by atoms with Gasteiger partial charge in [0, 0.05) is 42.3 Å². The van der Waals surface area contributed by atoms with E-state index in [1.54, 1.807) is 35.2 Å². The summed E-state index contributed by atoms with van der Waals surface area (Å²) >= 11 is 6.25. The van der Waals surface area contributed by atoms with Gasteiger partial charge in [-0.2, -0.15) is 0 Å². The van der Waals surface area contributed by atoms with Crippen LogP contribution in [-0.2, 0) is 15.7 Å². The van der Waals surface area contributed by atoms with Gasteiger partial charge in [0.05, 0.1) is 17.2 Å². The third-order valence-electron chi connectivity index (χ3n) is 7.01. The quantitative estimate of drug-likeness (QED) is 0.232. The Labute approximate surface area is 260 Å². The first-order chi connectivity index (χ1) is 20.2. The lowest BCUT2D eigenvalue weighted by molar-refractivity contribution is -0.0000385. The molecule has 2 heterocycles. The van der Waals surface area contributed by atoms with E-state index in [9.17, 15) is 18.9 Å². The van der Waals surface area contributed by atoms with E-state index in [2.05, 4.69) is 33.2 Å². The molecule has 2 aromatic rings. The highest BCUT2D eigenvalue weighted by Gasteiger charge is 2.37. The molecule has 1 fully saturated rings. The van der Waals surface area contributed by atoms with Gasteiger partial charge < -0.3 is 20.1 Å². The molecule has 0 radical (unpaired) electrons. The van der Waals surface area contributed by atoms with Gasteiger partial charge in [-0.15, -0.1) is 0 Å². The average molecular weight is 630 g/mol. The van der Waals surface area contributed by atoms with Crippen molar-refractivity contribution in [3.8, 4) is 0 Å². The third kappa shape index (κ3) is 9.22. The summed E-state index contributed by atoms with van der Waals surface area (Å²) in [7, 11) is -1.81. The number of halogens is 1. The number of hydrogen-bond acceptors (Lipinski definition) is 7. The van der Waals surface area contributed by atoms with Crippen LogP contribution in [0, 0.1) is 5.41 Å². The van der Waals surface area contributed by atoms with Crippen molar-refractivity contribution in [3.63, 3.8) is 0 Å². The lowest BCUT2D eigenvalue weighted by Crippen LogP contribution is -2.50. The van der Waals surface area contributed by atoms with Crippen LogP contribution in [0.2, 0.25) is 5.15 Å². The molecule has 0 saturated carbocycles. The van der Waals surface area contributed by atoms with Crippen LogP contribution in [0.1, 0.15) is 63.5 Å². The number of carbonyl (C=O) groups is 2. The lowest BCUT2D eigenvalue weighted by Gasteiger charge is -2.41. The monoisotopic (exact) mass is 629 g/mol. The summed E-state index contributed by atoms with van der Waals surface area (Å²) in [5, 5.41) is 13.2. The van der Waals surface area contributed by atoms with Crippen molar-refractivity contribution in [3.05, 3.63) is 77.1 Å². The summed E-state index contributed by atoms with van der Waals surface area (Å²) in [6.07, 6.45) is 2.32. The molecule has 1 atom stereocenters. The summed E-state index contributed by atoms with van der Waals surface area (Å²) in [6, 6.07) is 7.97. The summed E-state index contributed by atoms with van der Waals surface area (Å²) < 4.78 is 21.4. The van der Waals surface area contributed by atoms with Crippen LogP contribution in [-0.4, -0.2) is 68.0 Å². The van der Waals surface area contributed by atoms with Crippen LogP contribution in [0.15, 0.2) is 65.6 Å². The molecule has 1 saturated heterocycles. The zero-order valence-electron chi connectivity index (χ0n) is 25.3. The van der Waals surface area contributed by atoms with Crippen molar-refractivity contribution in [2.45, 2.75) is 58.0 Å². The number of ether oxygens (including phenoxy) is 1. The van der Waals surface area contributed by atoms with Crippen molar-refractivity contribution in [1.29, 1.82) is 0 Å². The topological polar surface area (TPSA) is 134 Å². The fourth-order valence-electron chi connectivity index (χ4n) is 4.60. The van der Waals surface area contributed by atoms with E-state index in [0.717, 1.165) is 16.7 Å². The van der Waals surface area contributed by atoms with Crippen molar-refractivity contribution >= 4 is 46.1 Å². The van der Waals surface area contributed by atoms with Crippen molar-refractivity contribution in [2.75, 3.05) is 31.0 Å². The van der Waals surface area contributed by atoms with Gasteiger partial charge in [0.1, 0.15) is 10.8 Å². The molecule has 0 aliphatic carbocycles. The lowest BCUT2D eigenvalue weighted by atomic mass is 9.79. The molecular formula is C31H40ClN5O5S. The van der Waals surface area contributed by atoms with E-state index >= 15 is 0 Å². The Morgan fingerprint density at radius 3 is 2.47 bits per heavy atom. The molecule has 0 spiro atoms. The molecule has 0 bridgehead atoms. The second-order valence-electron chi connectivity index (χ2n) is 11.6. The van der Waals surface area contributed by atoms with E-state index in [1.165, 1.54) is 6.07 Å². The van der Waals surface area contributed by atoms with Gasteiger partial charge in [0.15, 0.2) is 11.0 Å². The number of aliphatic hydroxyl groups excluding tert-OH is 1. The van der Waals surface area contributed by atoms with E-state index < -0.39 is 22.0 Å². The molecule has 2 amide bonds. The van der Waals surface area contributed by atoms with E-state index in [4.69, 9.17) is 16.3 Å². The van der Waals surface area contributed by atoms with Crippen molar-refractivity contribution < 1.29 is 23.6 Å². The number of aromatic nitrogens is 2. The normalized spacial score (nSPS) is 16.0. The fraction of sp³-hybridized carbons (Fsp3) is 0.419. The van der Waals surface area contributed by atoms with E-state index in [-0.39, 0.29) is 36.3 Å². The molecule has 10 nitrogen and oxygen atoms in total. The van der Waals surface area contributed by atoms with Gasteiger partial charge in [0.2, 0.25) is 5.95 Å². The number of aliphatic hydroxyl groups is 1. The predicted molar refractivity (Wildman–Crippen MR) is 170 cm³/mol. The van der Waals surface area contributed by atoms with Gasteiger partial charge in [-0.25, -0.2) is 19.0 Å². The fourth-order valence-corrected chi connectivity index (χ4v) is 5.59. The van der Waals surface area contributed by atoms with Crippen LogP contribution in [0.25, 0.3) is 5.57 Å². The maximum Gasteiger partial charge on any atom is 0.410 e. The van der Waals surface area contributed by atoms with Crippen molar-refractivity contribution in [2.24, 2.45) is 5.41 Å². The minimum absolute atomic E-state index is 0.0499. The Morgan fingerprint density at radius 2 is 1.88 bits per heavy atom. The maximum atomic E-state index is 13.2. The average Bonchev–Trinajstić information content (AvgIpc) is 2.94. The summed E-state index contributed by atoms with van der Waals surface area (Å²) in [4.78, 5) is 36.1. The Bertz CT molecular complexity index is 1440. The van der Waals surface area contributed by atoms with E-state index in [0.29, 0.717) is 42.1 Å². The largest absolute Gasteiger partial charge is 0.444 e. The second kappa shape index (κ2) is 14.3. The highest BCUT2D eigenvalue weighted by molar-refractivity contribution is 7.86. The minimum atomic E-state index is -1.81. The number of rotatable bonds is 10. The zero-order valence-corrected chi connectivity index (χ0v) is 26.9. The highest BCUT2D eigenvalue weighted by Crippen LogP contribution is 2.31. The molecule has 232 valence electrons. The molecule has 43 heavy (non-hydrogen) atoms. The number of carbonyl (C=O) groups excluding carboxylic acids is 2. The van der Waals surface area contributed by atoms with Gasteiger partial charge in [-0.05, 0) is 76.8 Å². The Morgan fingerprint density at radius 1 is 1.21 bits per heavy atom. The highest BCUT2D eigenvalue weighted by atomic mass is 35.5. The number of benzene rings is 1. The minimum Gasteiger partial charge on any atom is -0.444 e. The summed E-state index contributed by atoms with van der Waals surface area (Å²) in [5.74, 6) is -0.326. The summed E-state index contributed by atoms with van der Waals surface area (Å²) in [5.41, 5.74) is 2.01. The van der Waals surface area contributed by atoms with Gasteiger partial charge in [-0.3, -0.25) is 9.52 Å². The molecule has 1 aliphatic rings. The standard InChI is InChI=1S/C31H40ClN5O5S/c1-8-21(4)26(20(2)3)24-17-25(32)35-28(34-24)36-43(41)23-11-9-10-22(16-23)27(39)33-18-31(19-38)12-14-37(15-13-31)29(40)42-30(5,6)7/h8-11,16-17,38H,1-2,12-15,18-19H2,3-7H3,(H,33,39)(H,34,35,36)/b26-21+. The van der Waals surface area contributed by atoms with Crippen LogP contribution in [0.3, 0.4) is 0 Å². The van der Waals surface area contributed by atoms with E-state index in [1.807, 2.05) is 34.6 Å². The molecule has 3 rings (SSSR count). The Kier molecular flexibility index (Phi) is 11.3. The molecule has 12 heteroatoms. The number of likely N-dealkylation sites (tertiary alicyclic amines) is 1. The zero-order chi connectivity index (χ0) is 31.9. The molecule has 1 aromatic heterocycles. The number of amides is 2. The number of anilines is 1. The van der Waals surface area contributed by atoms with Crippen molar-refractivity contribution in [1.82, 2.24) is 20.2 Å². The van der Waals surface area contributed by atoms with Crippen LogP contribution in [0.4, 0.5) is 10.7 Å². The molecule has 1 unspecified atom stereocenters. The number of nitrogens with zero attached hydrogens (tertiary/aromatic N) is 3. The third-order valence-corrected chi connectivity index (χ3v) is 8.25. The number of hydrogen-bond donors (Lipinski definition) is 3. The SMILES string of the molecule is C=C/C(C)=C(\C(=C)C)c1cc(Cl)nc(NS(=O)c2cccc(C(=O)NCC3(CO)CCN(C(=O)OC(C)(C)C)CC3)c2)n1. The Hall–Kier alpha value is -3.54. The molecule has 1 aliphatic heterocycles. The number of piperidine rings is 1. The van der Waals surface area contributed by atoms with Crippen LogP contribution >= 0.6 is 11.6 Å². The second-order valence-corrected chi connectivity index (χ2v) is 13.2. The van der Waals surface area contributed by atoms with Gasteiger partial charge in [-0.1, -0.05) is 36.9 Å². The predicted octanol–water partition coefficient (Wildman–Crippen LogP) is 5.54. The number of allylic oxidation sites excluding steroid dienone is 4. The molecular weight excluding hydrogens is 590 g/mol. The maximum absolute atomic E-state index is 13.2.